The molecule has 1 fully saturated rings. The molecule has 0 aliphatic carbocycles. The summed E-state index contributed by atoms with van der Waals surface area (Å²) in [6.07, 6.45) is 1.55. The van der Waals surface area contributed by atoms with Crippen molar-refractivity contribution in [3.8, 4) is 0 Å². The zero-order valence-corrected chi connectivity index (χ0v) is 15.3. The highest BCUT2D eigenvalue weighted by Crippen LogP contribution is 2.35. The third-order valence-corrected chi connectivity index (χ3v) is 5.96. The van der Waals surface area contributed by atoms with Gasteiger partial charge in [0.1, 0.15) is 12.6 Å². The molecule has 1 atom stereocenters. The first-order valence-corrected chi connectivity index (χ1v) is 9.46. The van der Waals surface area contributed by atoms with Crippen LogP contribution in [-0.2, 0) is 0 Å². The summed E-state index contributed by atoms with van der Waals surface area (Å²) in [4.78, 5) is 4.11. The number of thiophene rings is 2. The van der Waals surface area contributed by atoms with Crippen LogP contribution in [0.1, 0.15) is 22.6 Å². The molecule has 3 nitrogen and oxygen atoms in total. The highest BCUT2D eigenvalue weighted by Gasteiger charge is 2.23. The van der Waals surface area contributed by atoms with E-state index in [0.717, 1.165) is 25.9 Å². The largest absolute Gasteiger partial charge is 1.00 e. The molecule has 0 bridgehead atoms. The first kappa shape index (κ1) is 18.6. The van der Waals surface area contributed by atoms with Gasteiger partial charge in [0.25, 0.3) is 0 Å². The maximum Gasteiger partial charge on any atom is 0.126 e. The molecule has 23 heavy (non-hydrogen) atoms. The normalized spacial score (nSPS) is 19.2. The highest BCUT2D eigenvalue weighted by molar-refractivity contribution is 7.13. The molecule has 2 aromatic heterocycles. The van der Waals surface area contributed by atoms with Gasteiger partial charge in [0, 0.05) is 28.2 Å². The van der Waals surface area contributed by atoms with Crippen LogP contribution in [0.3, 0.4) is 0 Å². The topological polar surface area (TPSA) is 44.9 Å². The molecule has 126 valence electrons. The van der Waals surface area contributed by atoms with Crippen LogP contribution in [0, 0.1) is 0 Å². The van der Waals surface area contributed by atoms with Gasteiger partial charge in [-0.1, -0.05) is 12.1 Å². The van der Waals surface area contributed by atoms with Crippen molar-refractivity contribution in [3.05, 3.63) is 50.4 Å². The van der Waals surface area contributed by atoms with Gasteiger partial charge in [-0.25, -0.2) is 0 Å². The molecule has 2 aromatic rings. The van der Waals surface area contributed by atoms with Gasteiger partial charge in [0.2, 0.25) is 0 Å². The third kappa shape index (κ3) is 4.66. The molecule has 0 amide bonds. The predicted molar refractivity (Wildman–Crippen MR) is 92.6 cm³/mol. The molecule has 0 radical (unpaired) electrons. The number of quaternary nitrogens is 1. The quantitative estimate of drug-likeness (QED) is 0.608. The van der Waals surface area contributed by atoms with Gasteiger partial charge in [0.05, 0.1) is 19.7 Å². The average Bonchev–Trinajstić information content (AvgIpc) is 3.23. The van der Waals surface area contributed by atoms with Gasteiger partial charge in [-0.15, -0.1) is 22.7 Å². The lowest BCUT2D eigenvalue weighted by Crippen LogP contribution is -3.14. The molecule has 1 aliphatic rings. The molecule has 0 saturated carbocycles. The molecule has 0 aromatic carbocycles. The minimum atomic E-state index is -0.588. The summed E-state index contributed by atoms with van der Waals surface area (Å²) >= 11 is 3.61. The summed E-state index contributed by atoms with van der Waals surface area (Å²) in [5.74, 6) is 0. The maximum atomic E-state index is 9.61. The summed E-state index contributed by atoms with van der Waals surface area (Å²) in [5.41, 5.74) is 2.96. The van der Waals surface area contributed by atoms with Crippen LogP contribution in [-0.4, -0.2) is 42.6 Å². The number of rotatable bonds is 5. The second-order valence-corrected chi connectivity index (χ2v) is 7.62. The minimum Gasteiger partial charge on any atom is -1.00 e. The van der Waals surface area contributed by atoms with E-state index in [1.54, 1.807) is 22.7 Å². The Balaban J connectivity index is 0.00000192. The van der Waals surface area contributed by atoms with Crippen LogP contribution in [0.5, 0.6) is 0 Å². The summed E-state index contributed by atoms with van der Waals surface area (Å²) < 4.78 is 0. The second kappa shape index (κ2) is 8.97. The van der Waals surface area contributed by atoms with Crippen molar-refractivity contribution in [2.75, 3.05) is 26.2 Å². The number of aliphatic hydroxyl groups is 2. The van der Waals surface area contributed by atoms with Gasteiger partial charge in [-0.3, -0.25) is 0 Å². The van der Waals surface area contributed by atoms with E-state index in [-0.39, 0.29) is 19.0 Å². The first-order chi connectivity index (χ1) is 10.8. The molecular weight excluding hydrogens is 350 g/mol. The van der Waals surface area contributed by atoms with Crippen molar-refractivity contribution in [2.45, 2.75) is 18.9 Å². The van der Waals surface area contributed by atoms with Crippen LogP contribution in [0.4, 0.5) is 0 Å². The average molecular weight is 372 g/mol. The molecule has 1 unspecified atom stereocenters. The maximum absolute atomic E-state index is 9.61. The number of aliphatic hydroxyl groups excluding tert-OH is 2. The van der Waals surface area contributed by atoms with Crippen molar-refractivity contribution in [3.63, 3.8) is 0 Å². The van der Waals surface area contributed by atoms with E-state index >= 15 is 0 Å². The van der Waals surface area contributed by atoms with Crippen molar-refractivity contribution < 1.29 is 27.5 Å². The van der Waals surface area contributed by atoms with Gasteiger partial charge in [-0.2, -0.15) is 0 Å². The lowest BCUT2D eigenvalue weighted by atomic mass is 9.95. The lowest BCUT2D eigenvalue weighted by Gasteiger charge is -2.28. The predicted octanol–water partition coefficient (Wildman–Crippen LogP) is -1.35. The first-order valence-electron chi connectivity index (χ1n) is 7.70. The Hall–Kier alpha value is -0.690. The van der Waals surface area contributed by atoms with Crippen molar-refractivity contribution in [1.29, 1.82) is 0 Å². The van der Waals surface area contributed by atoms with Crippen LogP contribution >= 0.6 is 22.7 Å². The minimum absolute atomic E-state index is 0. The van der Waals surface area contributed by atoms with E-state index in [0.29, 0.717) is 6.54 Å². The van der Waals surface area contributed by atoms with Crippen LogP contribution in [0.25, 0.3) is 5.57 Å². The molecule has 0 spiro atoms. The molecular formula is C17H22ClNO2S2. The second-order valence-electron chi connectivity index (χ2n) is 5.72. The van der Waals surface area contributed by atoms with E-state index < -0.39 is 6.10 Å². The molecule has 3 N–H and O–H groups in total. The fourth-order valence-corrected chi connectivity index (χ4v) is 4.80. The molecule has 1 aliphatic heterocycles. The highest BCUT2D eigenvalue weighted by atomic mass is 35.5. The van der Waals surface area contributed by atoms with Gasteiger partial charge in [0.15, 0.2) is 0 Å². The Labute approximate surface area is 151 Å². The van der Waals surface area contributed by atoms with Crippen molar-refractivity contribution in [1.82, 2.24) is 0 Å². The Morgan fingerprint density at radius 2 is 1.65 bits per heavy atom. The summed E-state index contributed by atoms with van der Waals surface area (Å²) in [5, 5.41) is 22.9. The number of piperidine rings is 1. The van der Waals surface area contributed by atoms with E-state index in [9.17, 15) is 5.11 Å². The standard InChI is InChI=1S/C17H21NO2S2.ClH/c19-12-14(20)11-18-7-5-13(6-8-18)17(15-3-1-9-21-15)16-4-2-10-22-16;/h1-4,9-10,14,19-20H,5-8,11-12H2;1H. The summed E-state index contributed by atoms with van der Waals surface area (Å²) in [6, 6.07) is 8.65. The number of likely N-dealkylation sites (tertiary alicyclic amines) is 1. The lowest BCUT2D eigenvalue weighted by molar-refractivity contribution is -0.905. The zero-order valence-electron chi connectivity index (χ0n) is 12.9. The molecule has 3 heterocycles. The number of hydrogen-bond acceptors (Lipinski definition) is 4. The number of halogens is 1. The Bertz CT molecular complexity index is 564. The smallest absolute Gasteiger partial charge is 0.126 e. The van der Waals surface area contributed by atoms with E-state index in [1.807, 2.05) is 0 Å². The molecule has 6 heteroatoms. The SMILES string of the molecule is OCC(O)C[NH+]1CCC(=C(c2cccs2)c2cccs2)CC1.[Cl-]. The van der Waals surface area contributed by atoms with Gasteiger partial charge in [-0.05, 0) is 28.5 Å². The van der Waals surface area contributed by atoms with Crippen LogP contribution in [0.2, 0.25) is 0 Å². The number of hydrogen-bond donors (Lipinski definition) is 3. The fourth-order valence-electron chi connectivity index (χ4n) is 3.07. The Morgan fingerprint density at radius 3 is 2.09 bits per heavy atom. The van der Waals surface area contributed by atoms with Crippen molar-refractivity contribution in [2.24, 2.45) is 0 Å². The fraction of sp³-hybridized carbons (Fsp3) is 0.412. The summed E-state index contributed by atoms with van der Waals surface area (Å²) in [7, 11) is 0. The third-order valence-electron chi connectivity index (χ3n) is 4.18. The van der Waals surface area contributed by atoms with Crippen LogP contribution in [0.15, 0.2) is 40.6 Å². The Morgan fingerprint density at radius 1 is 1.09 bits per heavy atom. The zero-order chi connectivity index (χ0) is 15.4. The van der Waals surface area contributed by atoms with Gasteiger partial charge < -0.3 is 27.5 Å². The van der Waals surface area contributed by atoms with Crippen molar-refractivity contribution >= 4 is 28.2 Å². The van der Waals surface area contributed by atoms with E-state index in [2.05, 4.69) is 35.0 Å². The monoisotopic (exact) mass is 371 g/mol. The van der Waals surface area contributed by atoms with Gasteiger partial charge >= 0.3 is 0 Å². The van der Waals surface area contributed by atoms with Crippen LogP contribution < -0.4 is 17.3 Å². The Kier molecular flexibility index (Phi) is 7.27. The number of nitrogens with one attached hydrogen (secondary N) is 1. The summed E-state index contributed by atoms with van der Waals surface area (Å²) in [6.45, 7) is 2.58. The van der Waals surface area contributed by atoms with E-state index in [4.69, 9.17) is 5.11 Å². The molecule has 3 rings (SSSR count). The molecule has 1 saturated heterocycles. The van der Waals surface area contributed by atoms with E-state index in [1.165, 1.54) is 25.8 Å².